The summed E-state index contributed by atoms with van der Waals surface area (Å²) in [6, 6.07) is 16.7. The Bertz CT molecular complexity index is 1690. The third-order valence-electron chi connectivity index (χ3n) is 7.54. The number of carbonyl (C=O) groups excluding carboxylic acids is 1. The van der Waals surface area contributed by atoms with Gasteiger partial charge in [0.1, 0.15) is 11.6 Å². The van der Waals surface area contributed by atoms with Crippen molar-refractivity contribution in [2.45, 2.75) is 49.7 Å². The van der Waals surface area contributed by atoms with Crippen LogP contribution in [0.5, 0.6) is 0 Å². The number of Topliss-reactive ketones (excluding diaryl/α,β-unsaturated/α-hetero) is 1. The Labute approximate surface area is 246 Å². The van der Waals surface area contributed by atoms with E-state index in [2.05, 4.69) is 6.07 Å². The third kappa shape index (κ3) is 5.33. The monoisotopic (exact) mass is 588 g/mol. The number of thioether (sulfide) groups is 1. The lowest BCUT2D eigenvalue weighted by molar-refractivity contribution is -0.384. The summed E-state index contributed by atoms with van der Waals surface area (Å²) in [5.74, 6) is -0.378. The van der Waals surface area contributed by atoms with Gasteiger partial charge < -0.3 is 5.73 Å². The molecule has 2 N–H and O–H groups in total. The van der Waals surface area contributed by atoms with Crippen LogP contribution in [0.3, 0.4) is 0 Å². The average molecular weight is 589 g/mol. The van der Waals surface area contributed by atoms with Crippen LogP contribution < -0.4 is 10.6 Å². The standard InChI is InChI=1S/C31H26ClFN4O3S/c1-17-12-18(2)23(13-19(17)16-41-22-9-6-20(33)7-10-22)29-24(15-34)31(35)36(26-4-3-5-28(38)30(26)29)27-14-21(37(39)40)8-11-25(27)32/h6-14,29H,3-5,16,35H2,1-2H3. The molecule has 2 aliphatic rings. The highest BCUT2D eigenvalue weighted by atomic mass is 35.5. The van der Waals surface area contributed by atoms with E-state index in [4.69, 9.17) is 17.3 Å². The van der Waals surface area contributed by atoms with Crippen molar-refractivity contribution in [3.8, 4) is 6.07 Å². The minimum atomic E-state index is -0.688. The van der Waals surface area contributed by atoms with E-state index in [0.29, 0.717) is 36.3 Å². The molecule has 41 heavy (non-hydrogen) atoms. The number of nitrogens with two attached hydrogens (primary N) is 1. The van der Waals surface area contributed by atoms with Gasteiger partial charge in [0.2, 0.25) is 0 Å². The van der Waals surface area contributed by atoms with Crippen molar-refractivity contribution >= 4 is 40.5 Å². The normalized spacial score (nSPS) is 17.0. The highest BCUT2D eigenvalue weighted by molar-refractivity contribution is 7.98. The van der Waals surface area contributed by atoms with Crippen molar-refractivity contribution in [1.29, 1.82) is 5.26 Å². The topological polar surface area (TPSA) is 113 Å². The molecule has 0 amide bonds. The lowest BCUT2D eigenvalue weighted by Gasteiger charge is -2.40. The Morgan fingerprint density at radius 1 is 1.15 bits per heavy atom. The molecule has 3 aromatic carbocycles. The summed E-state index contributed by atoms with van der Waals surface area (Å²) in [6.07, 6.45) is 1.39. The number of hydrogen-bond donors (Lipinski definition) is 1. The predicted octanol–water partition coefficient (Wildman–Crippen LogP) is 7.60. The van der Waals surface area contributed by atoms with Crippen molar-refractivity contribution in [3.63, 3.8) is 0 Å². The third-order valence-corrected chi connectivity index (χ3v) is 8.92. The fourth-order valence-electron chi connectivity index (χ4n) is 5.53. The Hall–Kier alpha value is -4.13. The van der Waals surface area contributed by atoms with Gasteiger partial charge >= 0.3 is 0 Å². The van der Waals surface area contributed by atoms with Gasteiger partial charge in [-0.15, -0.1) is 11.8 Å². The Morgan fingerprint density at radius 3 is 2.56 bits per heavy atom. The van der Waals surface area contributed by atoms with Crippen molar-refractivity contribution in [3.05, 3.63) is 120 Å². The molecule has 0 aromatic heterocycles. The van der Waals surface area contributed by atoms with Crippen LogP contribution in [0.25, 0.3) is 0 Å². The Morgan fingerprint density at radius 2 is 1.88 bits per heavy atom. The van der Waals surface area contributed by atoms with Crippen LogP contribution >= 0.6 is 23.4 Å². The minimum Gasteiger partial charge on any atom is -0.384 e. The maximum absolute atomic E-state index is 13.6. The molecular weight excluding hydrogens is 563 g/mol. The number of carbonyl (C=O) groups is 1. The van der Waals surface area contributed by atoms with Crippen molar-refractivity contribution in [1.82, 2.24) is 0 Å². The fourth-order valence-corrected chi connectivity index (χ4v) is 6.70. The first-order valence-electron chi connectivity index (χ1n) is 13.0. The van der Waals surface area contributed by atoms with Crippen LogP contribution in [0.15, 0.2) is 82.2 Å². The van der Waals surface area contributed by atoms with Crippen LogP contribution in [-0.2, 0) is 10.5 Å². The maximum Gasteiger partial charge on any atom is 0.271 e. The maximum atomic E-state index is 13.6. The molecule has 3 aromatic rings. The van der Waals surface area contributed by atoms with Crippen LogP contribution in [-0.4, -0.2) is 10.7 Å². The van der Waals surface area contributed by atoms with E-state index in [0.717, 1.165) is 27.1 Å². The summed E-state index contributed by atoms with van der Waals surface area (Å²) < 4.78 is 13.4. The molecule has 0 radical (unpaired) electrons. The predicted molar refractivity (Wildman–Crippen MR) is 158 cm³/mol. The van der Waals surface area contributed by atoms with E-state index in [-0.39, 0.29) is 39.4 Å². The van der Waals surface area contributed by atoms with Gasteiger partial charge in [0.15, 0.2) is 5.78 Å². The first-order chi connectivity index (χ1) is 19.6. The van der Waals surface area contributed by atoms with Gasteiger partial charge in [-0.3, -0.25) is 19.8 Å². The minimum absolute atomic E-state index is 0.0923. The van der Waals surface area contributed by atoms with Gasteiger partial charge in [-0.05, 0) is 79.3 Å². The molecule has 1 unspecified atom stereocenters. The summed E-state index contributed by atoms with van der Waals surface area (Å²) in [5, 5.41) is 22.2. The summed E-state index contributed by atoms with van der Waals surface area (Å²) in [6.45, 7) is 3.96. The SMILES string of the molecule is Cc1cc(C)c(C2C(C#N)=C(N)N(c3cc([N+](=O)[O-])ccc3Cl)C3=C2C(=O)CCC3)cc1CSc1ccc(F)cc1. The summed E-state index contributed by atoms with van der Waals surface area (Å²) in [5.41, 5.74) is 11.8. The Kier molecular flexibility index (Phi) is 7.89. The first kappa shape index (κ1) is 28.4. The molecule has 1 atom stereocenters. The van der Waals surface area contributed by atoms with E-state index in [1.54, 1.807) is 28.8 Å². The largest absolute Gasteiger partial charge is 0.384 e. The van der Waals surface area contributed by atoms with Crippen molar-refractivity contribution < 1.29 is 14.1 Å². The van der Waals surface area contributed by atoms with Crippen LogP contribution in [0.1, 0.15) is 47.4 Å². The lowest BCUT2D eigenvalue weighted by Crippen LogP contribution is -2.39. The second-order valence-corrected chi connectivity index (χ2v) is 11.5. The zero-order valence-electron chi connectivity index (χ0n) is 22.4. The molecule has 0 saturated heterocycles. The molecule has 0 fully saturated rings. The second kappa shape index (κ2) is 11.4. The molecule has 208 valence electrons. The molecule has 1 heterocycles. The van der Waals surface area contributed by atoms with Gasteiger partial charge in [-0.25, -0.2) is 4.39 Å². The van der Waals surface area contributed by atoms with Gasteiger partial charge in [0.05, 0.1) is 33.2 Å². The number of nitriles is 1. The highest BCUT2D eigenvalue weighted by Crippen LogP contribution is 2.49. The van der Waals surface area contributed by atoms with Gasteiger partial charge in [-0.2, -0.15) is 5.26 Å². The fraction of sp³-hybridized carbons (Fsp3) is 0.226. The summed E-state index contributed by atoms with van der Waals surface area (Å²) in [4.78, 5) is 27.1. The molecule has 1 aliphatic carbocycles. The smallest absolute Gasteiger partial charge is 0.271 e. The van der Waals surface area contributed by atoms with E-state index >= 15 is 0 Å². The Balaban J connectivity index is 1.65. The zero-order chi connectivity index (χ0) is 29.4. The van der Waals surface area contributed by atoms with E-state index in [1.165, 1.54) is 30.3 Å². The van der Waals surface area contributed by atoms with Gasteiger partial charge in [0, 0.05) is 40.5 Å². The number of benzene rings is 3. The quantitative estimate of drug-likeness (QED) is 0.179. The summed E-state index contributed by atoms with van der Waals surface area (Å²) in [7, 11) is 0. The molecule has 7 nitrogen and oxygen atoms in total. The molecule has 1 aliphatic heterocycles. The van der Waals surface area contributed by atoms with Crippen LogP contribution in [0, 0.1) is 41.1 Å². The highest BCUT2D eigenvalue weighted by Gasteiger charge is 2.41. The summed E-state index contributed by atoms with van der Waals surface area (Å²) >= 11 is 8.08. The number of aryl methyl sites for hydroxylation is 2. The molecule has 5 rings (SSSR count). The van der Waals surface area contributed by atoms with E-state index in [9.17, 15) is 24.6 Å². The number of allylic oxidation sites excluding steroid dienone is 3. The van der Waals surface area contributed by atoms with Crippen LogP contribution in [0.2, 0.25) is 5.02 Å². The number of ketones is 1. The number of hydrogen-bond acceptors (Lipinski definition) is 7. The first-order valence-corrected chi connectivity index (χ1v) is 14.4. The molecule has 10 heteroatoms. The van der Waals surface area contributed by atoms with Gasteiger partial charge in [0.25, 0.3) is 5.69 Å². The molecule has 0 bridgehead atoms. The van der Waals surface area contributed by atoms with E-state index < -0.39 is 10.8 Å². The average Bonchev–Trinajstić information content (AvgIpc) is 2.94. The van der Waals surface area contributed by atoms with Crippen molar-refractivity contribution in [2.75, 3.05) is 4.90 Å². The number of halogens is 2. The number of non-ortho nitro benzene ring substituents is 1. The van der Waals surface area contributed by atoms with Gasteiger partial charge in [-0.1, -0.05) is 23.7 Å². The molecular formula is C31H26ClFN4O3S. The number of nitro benzene ring substituents is 1. The molecule has 0 saturated carbocycles. The molecule has 0 spiro atoms. The lowest BCUT2D eigenvalue weighted by atomic mass is 9.74. The number of rotatable bonds is 6. The number of nitro groups is 1. The second-order valence-electron chi connectivity index (χ2n) is 10.1. The van der Waals surface area contributed by atoms with E-state index in [1.807, 2.05) is 26.0 Å². The zero-order valence-corrected chi connectivity index (χ0v) is 24.0. The number of nitrogens with zero attached hydrogens (tertiary/aromatic N) is 3. The van der Waals surface area contributed by atoms with Crippen molar-refractivity contribution in [2.24, 2.45) is 5.73 Å². The number of anilines is 1. The van der Waals surface area contributed by atoms with Crippen LogP contribution in [0.4, 0.5) is 15.8 Å².